The Labute approximate surface area is 109 Å². The molecule has 1 aromatic heterocycles. The zero-order valence-corrected chi connectivity index (χ0v) is 11.4. The Morgan fingerprint density at radius 3 is 2.89 bits per heavy atom. The second-order valence-electron chi connectivity index (χ2n) is 5.12. The monoisotopic (exact) mass is 249 g/mol. The summed E-state index contributed by atoms with van der Waals surface area (Å²) in [6.07, 6.45) is 10.6. The van der Waals surface area contributed by atoms with Crippen LogP contribution in [0.5, 0.6) is 0 Å². The minimum atomic E-state index is -0.163. The van der Waals surface area contributed by atoms with E-state index in [9.17, 15) is 4.79 Å². The standard InChI is InChI=1S/C14H23N3O/c1-3-13-15-9-10-17(13)11(2)14(18)16-12-7-5-4-6-8-12/h9-12H,3-8H2,1-2H3,(H,16,18). The number of aromatic nitrogens is 2. The first-order valence-corrected chi connectivity index (χ1v) is 7.04. The van der Waals surface area contributed by atoms with Gasteiger partial charge in [0.15, 0.2) is 0 Å². The molecule has 1 unspecified atom stereocenters. The normalized spacial score (nSPS) is 18.6. The molecule has 0 aromatic carbocycles. The first-order chi connectivity index (χ1) is 8.72. The van der Waals surface area contributed by atoms with Gasteiger partial charge in [-0.15, -0.1) is 0 Å². The molecule has 1 heterocycles. The lowest BCUT2D eigenvalue weighted by atomic mass is 9.95. The molecule has 0 radical (unpaired) electrons. The number of rotatable bonds is 4. The summed E-state index contributed by atoms with van der Waals surface area (Å²) in [5.41, 5.74) is 0. The minimum Gasteiger partial charge on any atom is -0.352 e. The topological polar surface area (TPSA) is 46.9 Å². The molecule has 4 nitrogen and oxygen atoms in total. The highest BCUT2D eigenvalue weighted by Crippen LogP contribution is 2.18. The van der Waals surface area contributed by atoms with E-state index >= 15 is 0 Å². The molecule has 1 aliphatic rings. The van der Waals surface area contributed by atoms with E-state index in [1.165, 1.54) is 19.3 Å². The zero-order chi connectivity index (χ0) is 13.0. The average molecular weight is 249 g/mol. The van der Waals surface area contributed by atoms with Gasteiger partial charge in [-0.25, -0.2) is 4.98 Å². The summed E-state index contributed by atoms with van der Waals surface area (Å²) in [5.74, 6) is 1.09. The van der Waals surface area contributed by atoms with Crippen molar-refractivity contribution in [2.24, 2.45) is 0 Å². The van der Waals surface area contributed by atoms with E-state index in [1.54, 1.807) is 6.20 Å². The van der Waals surface area contributed by atoms with Crippen LogP contribution in [0.25, 0.3) is 0 Å². The molecule has 1 fully saturated rings. The van der Waals surface area contributed by atoms with E-state index in [1.807, 2.05) is 17.7 Å². The summed E-state index contributed by atoms with van der Waals surface area (Å²) >= 11 is 0. The maximum absolute atomic E-state index is 12.2. The van der Waals surface area contributed by atoms with Gasteiger partial charge in [-0.05, 0) is 19.8 Å². The summed E-state index contributed by atoms with van der Waals surface area (Å²) in [5, 5.41) is 3.17. The second kappa shape index (κ2) is 6.03. The maximum atomic E-state index is 12.2. The van der Waals surface area contributed by atoms with Crippen LogP contribution in [0.2, 0.25) is 0 Å². The smallest absolute Gasteiger partial charge is 0.243 e. The lowest BCUT2D eigenvalue weighted by molar-refractivity contribution is -0.124. The number of hydrogen-bond acceptors (Lipinski definition) is 2. The third-order valence-electron chi connectivity index (χ3n) is 3.81. The van der Waals surface area contributed by atoms with Crippen LogP contribution < -0.4 is 5.32 Å². The van der Waals surface area contributed by atoms with Crippen molar-refractivity contribution in [2.75, 3.05) is 0 Å². The van der Waals surface area contributed by atoms with Crippen molar-refractivity contribution in [1.82, 2.24) is 14.9 Å². The van der Waals surface area contributed by atoms with Crippen molar-refractivity contribution < 1.29 is 4.79 Å². The Kier molecular flexibility index (Phi) is 4.39. The molecule has 100 valence electrons. The van der Waals surface area contributed by atoms with Gasteiger partial charge in [0, 0.05) is 24.9 Å². The summed E-state index contributed by atoms with van der Waals surface area (Å²) < 4.78 is 1.97. The van der Waals surface area contributed by atoms with Crippen molar-refractivity contribution in [3.63, 3.8) is 0 Å². The van der Waals surface area contributed by atoms with Crippen LogP contribution in [0.4, 0.5) is 0 Å². The van der Waals surface area contributed by atoms with Gasteiger partial charge < -0.3 is 9.88 Å². The number of imidazole rings is 1. The number of carbonyl (C=O) groups is 1. The quantitative estimate of drug-likeness (QED) is 0.891. The Hall–Kier alpha value is -1.32. The summed E-state index contributed by atoms with van der Waals surface area (Å²) in [6.45, 7) is 4.00. The molecule has 18 heavy (non-hydrogen) atoms. The van der Waals surface area contributed by atoms with E-state index in [2.05, 4.69) is 17.2 Å². The summed E-state index contributed by atoms with van der Waals surface area (Å²) in [7, 11) is 0. The van der Waals surface area contributed by atoms with Gasteiger partial charge in [-0.2, -0.15) is 0 Å². The summed E-state index contributed by atoms with van der Waals surface area (Å²) in [4.78, 5) is 16.5. The predicted octanol–water partition coefficient (Wildman–Crippen LogP) is 2.46. The van der Waals surface area contributed by atoms with Gasteiger partial charge in [0.1, 0.15) is 11.9 Å². The molecule has 1 N–H and O–H groups in total. The number of nitrogens with one attached hydrogen (secondary N) is 1. The molecule has 1 atom stereocenters. The van der Waals surface area contributed by atoms with E-state index in [-0.39, 0.29) is 11.9 Å². The lowest BCUT2D eigenvalue weighted by Crippen LogP contribution is -2.40. The third-order valence-corrected chi connectivity index (χ3v) is 3.81. The largest absolute Gasteiger partial charge is 0.352 e. The molecule has 4 heteroatoms. The molecule has 2 rings (SSSR count). The molecule has 1 aliphatic carbocycles. The fourth-order valence-corrected chi connectivity index (χ4v) is 2.67. The Morgan fingerprint density at radius 1 is 1.50 bits per heavy atom. The van der Waals surface area contributed by atoms with Gasteiger partial charge in [-0.3, -0.25) is 4.79 Å². The van der Waals surface area contributed by atoms with Crippen molar-refractivity contribution in [1.29, 1.82) is 0 Å². The zero-order valence-electron chi connectivity index (χ0n) is 11.4. The van der Waals surface area contributed by atoms with Gasteiger partial charge in [-0.1, -0.05) is 26.2 Å². The molecular weight excluding hydrogens is 226 g/mol. The van der Waals surface area contributed by atoms with E-state index < -0.39 is 0 Å². The third kappa shape index (κ3) is 2.92. The number of carbonyl (C=O) groups excluding carboxylic acids is 1. The summed E-state index contributed by atoms with van der Waals surface area (Å²) in [6, 6.07) is 0.215. The van der Waals surface area contributed by atoms with Crippen molar-refractivity contribution in [2.45, 2.75) is 64.5 Å². The van der Waals surface area contributed by atoms with Gasteiger partial charge in [0.05, 0.1) is 0 Å². The molecular formula is C14H23N3O. The molecule has 1 saturated carbocycles. The van der Waals surface area contributed by atoms with E-state index in [0.29, 0.717) is 6.04 Å². The first kappa shape index (κ1) is 13.1. The van der Waals surface area contributed by atoms with Crippen LogP contribution in [-0.2, 0) is 11.2 Å². The van der Waals surface area contributed by atoms with Crippen LogP contribution >= 0.6 is 0 Å². The van der Waals surface area contributed by atoms with Crippen LogP contribution in [0.3, 0.4) is 0 Å². The molecule has 0 aliphatic heterocycles. The van der Waals surface area contributed by atoms with E-state index in [4.69, 9.17) is 0 Å². The van der Waals surface area contributed by atoms with Crippen LogP contribution in [0.1, 0.15) is 57.8 Å². The molecule has 0 bridgehead atoms. The van der Waals surface area contributed by atoms with Crippen LogP contribution in [-0.4, -0.2) is 21.5 Å². The van der Waals surface area contributed by atoms with Crippen LogP contribution in [0, 0.1) is 0 Å². The number of amides is 1. The molecule has 0 spiro atoms. The highest BCUT2D eigenvalue weighted by molar-refractivity contribution is 5.80. The molecule has 1 amide bonds. The number of hydrogen-bond donors (Lipinski definition) is 1. The number of aryl methyl sites for hydroxylation is 1. The molecule has 0 saturated heterocycles. The first-order valence-electron chi connectivity index (χ1n) is 7.04. The predicted molar refractivity (Wildman–Crippen MR) is 71.3 cm³/mol. The Morgan fingerprint density at radius 2 is 2.22 bits per heavy atom. The highest BCUT2D eigenvalue weighted by atomic mass is 16.2. The maximum Gasteiger partial charge on any atom is 0.243 e. The van der Waals surface area contributed by atoms with E-state index in [0.717, 1.165) is 25.1 Å². The van der Waals surface area contributed by atoms with Gasteiger partial charge >= 0.3 is 0 Å². The Balaban J connectivity index is 1.95. The van der Waals surface area contributed by atoms with Crippen molar-refractivity contribution >= 4 is 5.91 Å². The Bertz CT molecular complexity index is 393. The number of nitrogens with zero attached hydrogens (tertiary/aromatic N) is 2. The van der Waals surface area contributed by atoms with Crippen molar-refractivity contribution in [3.8, 4) is 0 Å². The molecule has 1 aromatic rings. The highest BCUT2D eigenvalue weighted by Gasteiger charge is 2.21. The minimum absolute atomic E-state index is 0.120. The fraction of sp³-hybridized carbons (Fsp3) is 0.714. The fourth-order valence-electron chi connectivity index (χ4n) is 2.67. The van der Waals surface area contributed by atoms with Crippen LogP contribution in [0.15, 0.2) is 12.4 Å². The lowest BCUT2D eigenvalue weighted by Gasteiger charge is -2.25. The van der Waals surface area contributed by atoms with Crippen molar-refractivity contribution in [3.05, 3.63) is 18.2 Å². The van der Waals surface area contributed by atoms with Gasteiger partial charge in [0.25, 0.3) is 0 Å². The average Bonchev–Trinajstić information content (AvgIpc) is 2.87. The SMILES string of the molecule is CCc1nccn1C(C)C(=O)NC1CCCCC1. The van der Waals surface area contributed by atoms with Gasteiger partial charge in [0.2, 0.25) is 5.91 Å². The second-order valence-corrected chi connectivity index (χ2v) is 5.12.